The first-order valence-electron chi connectivity index (χ1n) is 11.5. The molecule has 4 N–H and O–H groups in total. The predicted molar refractivity (Wildman–Crippen MR) is 133 cm³/mol. The fourth-order valence-electron chi connectivity index (χ4n) is 4.78. The smallest absolute Gasteiger partial charge is 0.252 e. The van der Waals surface area contributed by atoms with Gasteiger partial charge in [0.05, 0.1) is 18.2 Å². The van der Waals surface area contributed by atoms with Crippen molar-refractivity contribution in [2.75, 3.05) is 20.2 Å². The van der Waals surface area contributed by atoms with Gasteiger partial charge in [0.15, 0.2) is 0 Å². The molecule has 0 saturated carbocycles. The molecule has 0 aliphatic carbocycles. The van der Waals surface area contributed by atoms with Crippen LogP contribution in [0.4, 0.5) is 0 Å². The molecule has 1 aliphatic rings. The average Bonchev–Trinajstić information content (AvgIpc) is 2.79. The van der Waals surface area contributed by atoms with Crippen LogP contribution in [0.5, 0.6) is 5.75 Å². The lowest BCUT2D eigenvalue weighted by Gasteiger charge is -2.36. The molecular formula is C28H31N3O3. The molecule has 0 radical (unpaired) electrons. The van der Waals surface area contributed by atoms with Gasteiger partial charge in [-0.3, -0.25) is 14.5 Å². The number of hydrogen-bond acceptors (Lipinski definition) is 4. The first-order chi connectivity index (χ1) is 16.2. The van der Waals surface area contributed by atoms with E-state index >= 15 is 0 Å². The monoisotopic (exact) mass is 457 g/mol. The highest BCUT2D eigenvalue weighted by molar-refractivity contribution is 5.96. The highest BCUT2D eigenvalue weighted by atomic mass is 16.5. The zero-order valence-corrected chi connectivity index (χ0v) is 19.9. The number of likely N-dealkylation sites (N-methyl/N-ethyl adjacent to an activating group) is 1. The first kappa shape index (κ1) is 23.5. The van der Waals surface area contributed by atoms with E-state index in [2.05, 4.69) is 44.0 Å². The molecule has 1 heterocycles. The lowest BCUT2D eigenvalue weighted by molar-refractivity contribution is 0.0989. The van der Waals surface area contributed by atoms with Crippen molar-refractivity contribution in [3.63, 3.8) is 0 Å². The number of amides is 2. The second kappa shape index (κ2) is 9.69. The van der Waals surface area contributed by atoms with Crippen molar-refractivity contribution in [3.05, 3.63) is 99.1 Å². The molecule has 1 atom stereocenters. The Morgan fingerprint density at radius 2 is 1.79 bits per heavy atom. The molecule has 2 amide bonds. The van der Waals surface area contributed by atoms with Crippen molar-refractivity contribution in [3.8, 4) is 5.75 Å². The Labute approximate surface area is 200 Å². The zero-order valence-electron chi connectivity index (χ0n) is 19.9. The van der Waals surface area contributed by atoms with Crippen LogP contribution in [0.25, 0.3) is 0 Å². The lowest BCUT2D eigenvalue weighted by Crippen LogP contribution is -2.33. The average molecular weight is 458 g/mol. The topological polar surface area (TPSA) is 98.6 Å². The van der Waals surface area contributed by atoms with E-state index in [-0.39, 0.29) is 6.04 Å². The van der Waals surface area contributed by atoms with Crippen molar-refractivity contribution >= 4 is 11.8 Å². The normalized spacial score (nSPS) is 15.6. The Morgan fingerprint density at radius 1 is 1.00 bits per heavy atom. The van der Waals surface area contributed by atoms with Gasteiger partial charge in [0, 0.05) is 18.5 Å². The summed E-state index contributed by atoms with van der Waals surface area (Å²) >= 11 is 0. The standard InChI is InChI=1S/C28H31N3O3/c1-17-7-8-22(18(2)13-17)26-23-16-25(24(28(30)33)15-20(23)9-11-31(26)3)34-12-10-19-5-4-6-21(14-19)27(29)32/h4-8,13-16,26H,9-12H2,1-3H3,(H2,29,32)(H2,30,33). The van der Waals surface area contributed by atoms with E-state index in [1.165, 1.54) is 16.7 Å². The van der Waals surface area contributed by atoms with Gasteiger partial charge < -0.3 is 16.2 Å². The number of nitrogens with two attached hydrogens (primary N) is 2. The number of rotatable bonds is 7. The third kappa shape index (κ3) is 4.82. The van der Waals surface area contributed by atoms with E-state index in [1.54, 1.807) is 18.2 Å². The third-order valence-corrected chi connectivity index (χ3v) is 6.56. The van der Waals surface area contributed by atoms with Crippen LogP contribution in [0.15, 0.2) is 54.6 Å². The third-order valence-electron chi connectivity index (χ3n) is 6.56. The predicted octanol–water partition coefficient (Wildman–Crippen LogP) is 3.70. The summed E-state index contributed by atoms with van der Waals surface area (Å²) in [5, 5.41) is 0. The van der Waals surface area contributed by atoms with E-state index in [9.17, 15) is 9.59 Å². The van der Waals surface area contributed by atoms with Gasteiger partial charge in [-0.25, -0.2) is 0 Å². The van der Waals surface area contributed by atoms with Crippen molar-refractivity contribution in [2.45, 2.75) is 32.7 Å². The summed E-state index contributed by atoms with van der Waals surface area (Å²) in [6.45, 7) is 5.46. The Kier molecular flexibility index (Phi) is 6.70. The van der Waals surface area contributed by atoms with Crippen molar-refractivity contribution in [1.29, 1.82) is 0 Å². The van der Waals surface area contributed by atoms with Crippen LogP contribution in [0.2, 0.25) is 0 Å². The molecular weight excluding hydrogens is 426 g/mol. The van der Waals surface area contributed by atoms with Crippen LogP contribution in [0.3, 0.4) is 0 Å². The van der Waals surface area contributed by atoms with E-state index in [0.29, 0.717) is 29.9 Å². The molecule has 1 unspecified atom stereocenters. The van der Waals surface area contributed by atoms with E-state index in [4.69, 9.17) is 16.2 Å². The van der Waals surface area contributed by atoms with Gasteiger partial charge >= 0.3 is 0 Å². The minimum Gasteiger partial charge on any atom is -0.492 e. The number of ether oxygens (including phenoxy) is 1. The zero-order chi connectivity index (χ0) is 24.4. The Bertz CT molecular complexity index is 1250. The largest absolute Gasteiger partial charge is 0.492 e. The van der Waals surface area contributed by atoms with Gasteiger partial charge in [0.25, 0.3) is 5.91 Å². The maximum absolute atomic E-state index is 12.2. The quantitative estimate of drug-likeness (QED) is 0.565. The number of carbonyl (C=O) groups excluding carboxylic acids is 2. The van der Waals surface area contributed by atoms with Crippen molar-refractivity contribution in [2.24, 2.45) is 11.5 Å². The van der Waals surface area contributed by atoms with Crippen LogP contribution in [-0.2, 0) is 12.8 Å². The summed E-state index contributed by atoms with van der Waals surface area (Å²) in [6, 6.07) is 17.6. The molecule has 0 fully saturated rings. The summed E-state index contributed by atoms with van der Waals surface area (Å²) in [6.07, 6.45) is 1.41. The summed E-state index contributed by atoms with van der Waals surface area (Å²) in [7, 11) is 2.13. The first-order valence-corrected chi connectivity index (χ1v) is 11.5. The minimum absolute atomic E-state index is 0.0703. The number of benzene rings is 3. The number of primary amides is 2. The maximum Gasteiger partial charge on any atom is 0.252 e. The second-order valence-electron chi connectivity index (χ2n) is 9.07. The molecule has 0 spiro atoms. The van der Waals surface area contributed by atoms with Crippen LogP contribution in [0.1, 0.15) is 60.1 Å². The fraction of sp³-hybridized carbons (Fsp3) is 0.286. The number of aryl methyl sites for hydroxylation is 2. The summed E-state index contributed by atoms with van der Waals surface area (Å²) in [5.41, 5.74) is 18.9. The number of carbonyl (C=O) groups is 2. The van der Waals surface area contributed by atoms with E-state index in [0.717, 1.165) is 29.7 Å². The number of hydrogen-bond donors (Lipinski definition) is 2. The lowest BCUT2D eigenvalue weighted by atomic mass is 9.85. The molecule has 6 nitrogen and oxygen atoms in total. The Morgan fingerprint density at radius 3 is 2.50 bits per heavy atom. The Hall–Kier alpha value is -3.64. The number of nitrogens with zero attached hydrogens (tertiary/aromatic N) is 1. The molecule has 4 rings (SSSR count). The molecule has 34 heavy (non-hydrogen) atoms. The van der Waals surface area contributed by atoms with Crippen LogP contribution in [-0.4, -0.2) is 36.9 Å². The summed E-state index contributed by atoms with van der Waals surface area (Å²) < 4.78 is 6.10. The van der Waals surface area contributed by atoms with Gasteiger partial charge in [-0.05, 0) is 79.4 Å². The van der Waals surface area contributed by atoms with Crippen LogP contribution >= 0.6 is 0 Å². The molecule has 176 valence electrons. The van der Waals surface area contributed by atoms with E-state index < -0.39 is 11.8 Å². The SMILES string of the molecule is Cc1ccc(C2c3cc(OCCc4cccc(C(N)=O)c4)c(C(N)=O)cc3CCN2C)c(C)c1. The van der Waals surface area contributed by atoms with E-state index in [1.807, 2.05) is 18.2 Å². The fourth-order valence-corrected chi connectivity index (χ4v) is 4.78. The van der Waals surface area contributed by atoms with Gasteiger partial charge in [0.2, 0.25) is 5.91 Å². The molecule has 1 aliphatic heterocycles. The number of fused-ring (bicyclic) bond motifs is 1. The summed E-state index contributed by atoms with van der Waals surface area (Å²) in [5.74, 6) is -0.479. The summed E-state index contributed by atoms with van der Waals surface area (Å²) in [4.78, 5) is 26.0. The highest BCUT2D eigenvalue weighted by Crippen LogP contribution is 2.39. The van der Waals surface area contributed by atoms with Gasteiger partial charge in [0.1, 0.15) is 5.75 Å². The van der Waals surface area contributed by atoms with Crippen LogP contribution in [0, 0.1) is 13.8 Å². The van der Waals surface area contributed by atoms with Gasteiger partial charge in [-0.15, -0.1) is 0 Å². The van der Waals surface area contributed by atoms with Gasteiger partial charge in [-0.2, -0.15) is 0 Å². The Balaban J connectivity index is 1.65. The molecule has 3 aromatic carbocycles. The molecule has 0 aromatic heterocycles. The van der Waals surface area contributed by atoms with Crippen LogP contribution < -0.4 is 16.2 Å². The minimum atomic E-state index is -0.504. The highest BCUT2D eigenvalue weighted by Gasteiger charge is 2.29. The van der Waals surface area contributed by atoms with Crippen molar-refractivity contribution in [1.82, 2.24) is 4.90 Å². The molecule has 0 saturated heterocycles. The van der Waals surface area contributed by atoms with Gasteiger partial charge in [-0.1, -0.05) is 35.9 Å². The molecule has 6 heteroatoms. The van der Waals surface area contributed by atoms with Crippen molar-refractivity contribution < 1.29 is 14.3 Å². The second-order valence-corrected chi connectivity index (χ2v) is 9.07. The molecule has 3 aromatic rings. The maximum atomic E-state index is 12.2. The molecule has 0 bridgehead atoms.